The van der Waals surface area contributed by atoms with Gasteiger partial charge in [-0.2, -0.15) is 0 Å². The molecule has 5 heteroatoms. The second-order valence-electron chi connectivity index (χ2n) is 6.78. The van der Waals surface area contributed by atoms with Gasteiger partial charge in [-0.3, -0.25) is 4.90 Å². The quantitative estimate of drug-likeness (QED) is 0.836. The molecule has 2 saturated heterocycles. The zero-order valence-electron chi connectivity index (χ0n) is 13.0. The van der Waals surface area contributed by atoms with E-state index >= 15 is 0 Å². The smallest absolute Gasteiger partial charge is 0.315 e. The maximum atomic E-state index is 12.1. The Hall–Kier alpha value is -0.810. The molecule has 0 aromatic heterocycles. The van der Waals surface area contributed by atoms with Gasteiger partial charge in [-0.1, -0.05) is 19.3 Å². The minimum absolute atomic E-state index is 0.0423. The highest BCUT2D eigenvalue weighted by atomic mass is 16.5. The van der Waals surface area contributed by atoms with Crippen molar-refractivity contribution in [2.45, 2.75) is 69.5 Å². The topological polar surface area (TPSA) is 53.6 Å². The van der Waals surface area contributed by atoms with Gasteiger partial charge in [0.25, 0.3) is 0 Å². The van der Waals surface area contributed by atoms with Crippen molar-refractivity contribution in [1.29, 1.82) is 0 Å². The number of likely N-dealkylation sites (tertiary alicyclic amines) is 1. The number of urea groups is 1. The standard InChI is InChI=1S/C16H29N3O2/c20-16(17-13-4-2-1-3-5-13)18-14-6-9-19(12-14)15-7-10-21-11-8-15/h13-15H,1-12H2,(H2,17,18,20). The van der Waals surface area contributed by atoms with Gasteiger partial charge < -0.3 is 15.4 Å². The van der Waals surface area contributed by atoms with Gasteiger partial charge >= 0.3 is 6.03 Å². The maximum absolute atomic E-state index is 12.1. The first-order chi connectivity index (χ1) is 10.3. The van der Waals surface area contributed by atoms with Crippen LogP contribution >= 0.6 is 0 Å². The number of nitrogens with zero attached hydrogens (tertiary/aromatic N) is 1. The highest BCUT2D eigenvalue weighted by Crippen LogP contribution is 2.20. The molecule has 1 aliphatic carbocycles. The van der Waals surface area contributed by atoms with Crippen LogP contribution in [0.1, 0.15) is 51.4 Å². The number of hydrogen-bond acceptors (Lipinski definition) is 3. The highest BCUT2D eigenvalue weighted by Gasteiger charge is 2.30. The lowest BCUT2D eigenvalue weighted by atomic mass is 9.96. The molecule has 5 nitrogen and oxygen atoms in total. The third-order valence-corrected chi connectivity index (χ3v) is 5.20. The first-order valence-corrected chi connectivity index (χ1v) is 8.70. The molecule has 2 aliphatic heterocycles. The Bertz CT molecular complexity index is 338. The summed E-state index contributed by atoms with van der Waals surface area (Å²) < 4.78 is 5.43. The van der Waals surface area contributed by atoms with Gasteiger partial charge in [0, 0.05) is 44.4 Å². The minimum Gasteiger partial charge on any atom is -0.381 e. The zero-order chi connectivity index (χ0) is 14.5. The van der Waals surface area contributed by atoms with Crippen molar-refractivity contribution in [3.05, 3.63) is 0 Å². The van der Waals surface area contributed by atoms with Gasteiger partial charge in [-0.15, -0.1) is 0 Å². The maximum Gasteiger partial charge on any atom is 0.315 e. The Morgan fingerprint density at radius 2 is 1.62 bits per heavy atom. The van der Waals surface area contributed by atoms with E-state index in [0.717, 1.165) is 58.4 Å². The Balaban J connectivity index is 1.38. The van der Waals surface area contributed by atoms with Gasteiger partial charge in [-0.25, -0.2) is 4.79 Å². The molecule has 120 valence electrons. The van der Waals surface area contributed by atoms with Crippen molar-refractivity contribution in [2.75, 3.05) is 26.3 Å². The van der Waals surface area contributed by atoms with E-state index < -0.39 is 0 Å². The molecular formula is C16H29N3O2. The number of hydrogen-bond donors (Lipinski definition) is 2. The van der Waals surface area contributed by atoms with Crippen LogP contribution in [-0.2, 0) is 4.74 Å². The van der Waals surface area contributed by atoms with Gasteiger partial charge in [-0.05, 0) is 32.1 Å². The van der Waals surface area contributed by atoms with Crippen LogP contribution < -0.4 is 10.6 Å². The zero-order valence-corrected chi connectivity index (χ0v) is 13.0. The molecular weight excluding hydrogens is 266 g/mol. The molecule has 21 heavy (non-hydrogen) atoms. The first-order valence-electron chi connectivity index (χ1n) is 8.70. The monoisotopic (exact) mass is 295 g/mol. The van der Waals surface area contributed by atoms with Crippen LogP contribution in [0.4, 0.5) is 4.79 Å². The van der Waals surface area contributed by atoms with Crippen LogP contribution in [0.25, 0.3) is 0 Å². The van der Waals surface area contributed by atoms with Gasteiger partial charge in [0.1, 0.15) is 0 Å². The number of ether oxygens (including phenoxy) is 1. The predicted octanol–water partition coefficient (Wildman–Crippen LogP) is 1.87. The summed E-state index contributed by atoms with van der Waals surface area (Å²) in [5.41, 5.74) is 0. The largest absolute Gasteiger partial charge is 0.381 e. The Kier molecular flexibility index (Phi) is 5.36. The number of amides is 2. The molecule has 2 amide bonds. The molecule has 2 N–H and O–H groups in total. The number of nitrogens with one attached hydrogen (secondary N) is 2. The van der Waals surface area contributed by atoms with E-state index in [2.05, 4.69) is 15.5 Å². The van der Waals surface area contributed by atoms with E-state index in [1.54, 1.807) is 0 Å². The van der Waals surface area contributed by atoms with E-state index in [9.17, 15) is 4.79 Å². The van der Waals surface area contributed by atoms with Crippen LogP contribution in [0.15, 0.2) is 0 Å². The van der Waals surface area contributed by atoms with Crippen LogP contribution in [0.3, 0.4) is 0 Å². The number of carbonyl (C=O) groups is 1. The van der Waals surface area contributed by atoms with Crippen molar-refractivity contribution in [1.82, 2.24) is 15.5 Å². The summed E-state index contributed by atoms with van der Waals surface area (Å²) in [5.74, 6) is 0. The third-order valence-electron chi connectivity index (χ3n) is 5.20. The van der Waals surface area contributed by atoms with Gasteiger partial charge in [0.05, 0.1) is 0 Å². The molecule has 1 atom stereocenters. The van der Waals surface area contributed by atoms with E-state index in [1.165, 1.54) is 19.3 Å². The Morgan fingerprint density at radius 1 is 0.905 bits per heavy atom. The average molecular weight is 295 g/mol. The lowest BCUT2D eigenvalue weighted by molar-refractivity contribution is 0.0417. The van der Waals surface area contributed by atoms with Gasteiger partial charge in [0.2, 0.25) is 0 Å². The van der Waals surface area contributed by atoms with Gasteiger partial charge in [0.15, 0.2) is 0 Å². The van der Waals surface area contributed by atoms with Crippen molar-refractivity contribution in [3.63, 3.8) is 0 Å². The van der Waals surface area contributed by atoms with Crippen molar-refractivity contribution in [2.24, 2.45) is 0 Å². The van der Waals surface area contributed by atoms with E-state index in [-0.39, 0.29) is 6.03 Å². The van der Waals surface area contributed by atoms with Crippen molar-refractivity contribution < 1.29 is 9.53 Å². The third kappa shape index (κ3) is 4.33. The normalized spacial score (nSPS) is 29.4. The summed E-state index contributed by atoms with van der Waals surface area (Å²) in [5, 5.41) is 6.32. The SMILES string of the molecule is O=C(NC1CCCCC1)NC1CCN(C2CCOCC2)C1. The summed E-state index contributed by atoms with van der Waals surface area (Å²) >= 11 is 0. The number of carbonyl (C=O) groups excluding carboxylic acids is 1. The second-order valence-corrected chi connectivity index (χ2v) is 6.78. The lowest BCUT2D eigenvalue weighted by Gasteiger charge is -2.31. The molecule has 1 unspecified atom stereocenters. The molecule has 3 fully saturated rings. The lowest BCUT2D eigenvalue weighted by Crippen LogP contribution is -2.48. The van der Waals surface area contributed by atoms with E-state index in [0.29, 0.717) is 18.1 Å². The molecule has 3 aliphatic rings. The summed E-state index contributed by atoms with van der Waals surface area (Å²) in [6.07, 6.45) is 9.48. The second kappa shape index (κ2) is 7.45. The summed E-state index contributed by atoms with van der Waals surface area (Å²) in [4.78, 5) is 14.6. The molecule has 0 radical (unpaired) electrons. The van der Waals surface area contributed by atoms with Crippen LogP contribution in [0, 0.1) is 0 Å². The van der Waals surface area contributed by atoms with Crippen LogP contribution in [0.2, 0.25) is 0 Å². The predicted molar refractivity (Wildman–Crippen MR) is 82.4 cm³/mol. The molecule has 1 saturated carbocycles. The Labute approximate surface area is 127 Å². The average Bonchev–Trinajstić information content (AvgIpc) is 2.97. The van der Waals surface area contributed by atoms with E-state index in [4.69, 9.17) is 4.74 Å². The first kappa shape index (κ1) is 15.1. The molecule has 0 spiro atoms. The van der Waals surface area contributed by atoms with Crippen LogP contribution in [-0.4, -0.2) is 55.4 Å². The summed E-state index contributed by atoms with van der Waals surface area (Å²) in [7, 11) is 0. The molecule has 3 rings (SSSR count). The Morgan fingerprint density at radius 3 is 2.38 bits per heavy atom. The fraction of sp³-hybridized carbons (Fsp3) is 0.938. The van der Waals surface area contributed by atoms with Crippen molar-refractivity contribution in [3.8, 4) is 0 Å². The van der Waals surface area contributed by atoms with Crippen LogP contribution in [0.5, 0.6) is 0 Å². The van der Waals surface area contributed by atoms with E-state index in [1.807, 2.05) is 0 Å². The van der Waals surface area contributed by atoms with Crippen molar-refractivity contribution >= 4 is 6.03 Å². The molecule has 0 bridgehead atoms. The summed E-state index contributed by atoms with van der Waals surface area (Å²) in [6, 6.07) is 1.41. The summed E-state index contributed by atoms with van der Waals surface area (Å²) in [6.45, 7) is 3.89. The molecule has 2 heterocycles. The minimum atomic E-state index is 0.0423. The number of rotatable bonds is 3. The highest BCUT2D eigenvalue weighted by molar-refractivity contribution is 5.74. The fourth-order valence-electron chi connectivity index (χ4n) is 3.95. The molecule has 0 aromatic rings. The fourth-order valence-corrected chi connectivity index (χ4v) is 3.95. The molecule has 0 aromatic carbocycles.